The molecule has 1 saturated heterocycles. The van der Waals surface area contributed by atoms with Crippen molar-refractivity contribution in [3.8, 4) is 5.75 Å². The second-order valence-corrected chi connectivity index (χ2v) is 6.09. The lowest BCUT2D eigenvalue weighted by Crippen LogP contribution is -2.46. The van der Waals surface area contributed by atoms with Crippen LogP contribution < -0.4 is 10.1 Å². The molecule has 0 bridgehead atoms. The molecule has 0 aliphatic carbocycles. The first-order chi connectivity index (χ1) is 11.2. The summed E-state index contributed by atoms with van der Waals surface area (Å²) in [5, 5.41) is 3.05. The number of benzene rings is 1. The Morgan fingerprint density at radius 1 is 1.35 bits per heavy atom. The van der Waals surface area contributed by atoms with Crippen LogP contribution in [0.2, 0.25) is 0 Å². The summed E-state index contributed by atoms with van der Waals surface area (Å²) in [5.74, 6) is 0.802. The smallest absolute Gasteiger partial charge is 0.322 e. The number of ether oxygens (including phenoxy) is 2. The fourth-order valence-electron chi connectivity index (χ4n) is 3.12. The zero-order valence-electron chi connectivity index (χ0n) is 14.4. The highest BCUT2D eigenvalue weighted by molar-refractivity contribution is 5.90. The zero-order chi connectivity index (χ0) is 16.7. The molecule has 128 valence electrons. The summed E-state index contributed by atoms with van der Waals surface area (Å²) in [7, 11) is 3.36. The third-order valence-electron chi connectivity index (χ3n) is 4.45. The largest absolute Gasteiger partial charge is 0.497 e. The van der Waals surface area contributed by atoms with Crippen LogP contribution in [0.5, 0.6) is 5.75 Å². The number of nitrogens with zero attached hydrogens (tertiary/aromatic N) is 1. The normalized spacial score (nSPS) is 17.9. The van der Waals surface area contributed by atoms with Crippen molar-refractivity contribution in [2.75, 3.05) is 32.7 Å². The second kappa shape index (κ2) is 8.77. The van der Waals surface area contributed by atoms with E-state index in [1.807, 2.05) is 30.0 Å². The standard InChI is InChI=1S/C18H28N2O3/c1-14-13-16(23-3)9-10-17(14)19-18(21)20-11-5-4-7-15(20)8-6-12-22-2/h9-10,13,15H,4-8,11-12H2,1-3H3,(H,19,21)/t15-/m1/s1. The van der Waals surface area contributed by atoms with E-state index in [2.05, 4.69) is 5.32 Å². The Labute approximate surface area is 139 Å². The Bertz CT molecular complexity index is 519. The lowest BCUT2D eigenvalue weighted by Gasteiger charge is -2.36. The maximum Gasteiger partial charge on any atom is 0.322 e. The van der Waals surface area contributed by atoms with E-state index in [1.165, 1.54) is 6.42 Å². The first-order valence-corrected chi connectivity index (χ1v) is 8.37. The fourth-order valence-corrected chi connectivity index (χ4v) is 3.12. The van der Waals surface area contributed by atoms with Crippen molar-refractivity contribution in [2.45, 2.75) is 45.1 Å². The van der Waals surface area contributed by atoms with E-state index < -0.39 is 0 Å². The van der Waals surface area contributed by atoms with Gasteiger partial charge in [-0.3, -0.25) is 0 Å². The highest BCUT2D eigenvalue weighted by Crippen LogP contribution is 2.24. The molecule has 23 heavy (non-hydrogen) atoms. The van der Waals surface area contributed by atoms with Crippen molar-refractivity contribution >= 4 is 11.7 Å². The highest BCUT2D eigenvalue weighted by atomic mass is 16.5. The summed E-state index contributed by atoms with van der Waals surface area (Å²) in [5.41, 5.74) is 1.85. The van der Waals surface area contributed by atoms with Gasteiger partial charge in [0.2, 0.25) is 0 Å². The van der Waals surface area contributed by atoms with E-state index in [0.29, 0.717) is 6.04 Å². The molecule has 2 rings (SSSR count). The second-order valence-electron chi connectivity index (χ2n) is 6.09. The molecule has 0 spiro atoms. The van der Waals surface area contributed by atoms with Gasteiger partial charge in [0.05, 0.1) is 7.11 Å². The number of carbonyl (C=O) groups excluding carboxylic acids is 1. The fraction of sp³-hybridized carbons (Fsp3) is 0.611. The van der Waals surface area contributed by atoms with E-state index in [0.717, 1.165) is 55.8 Å². The molecule has 0 radical (unpaired) electrons. The van der Waals surface area contributed by atoms with Crippen LogP contribution >= 0.6 is 0 Å². The molecule has 1 aliphatic rings. The number of likely N-dealkylation sites (tertiary alicyclic amines) is 1. The van der Waals surface area contributed by atoms with Gasteiger partial charge in [0.1, 0.15) is 5.75 Å². The highest BCUT2D eigenvalue weighted by Gasteiger charge is 2.26. The minimum Gasteiger partial charge on any atom is -0.497 e. The molecule has 0 unspecified atom stereocenters. The minimum absolute atomic E-state index is 0.000355. The van der Waals surface area contributed by atoms with Gasteiger partial charge in [0.25, 0.3) is 0 Å². The maximum absolute atomic E-state index is 12.7. The van der Waals surface area contributed by atoms with Gasteiger partial charge in [-0.15, -0.1) is 0 Å². The van der Waals surface area contributed by atoms with Crippen molar-refractivity contribution in [2.24, 2.45) is 0 Å². The van der Waals surface area contributed by atoms with Crippen LogP contribution in [0.3, 0.4) is 0 Å². The summed E-state index contributed by atoms with van der Waals surface area (Å²) in [6.07, 6.45) is 5.35. The number of nitrogens with one attached hydrogen (secondary N) is 1. The first kappa shape index (κ1) is 17.6. The van der Waals surface area contributed by atoms with Gasteiger partial charge in [0, 0.05) is 32.0 Å². The Balaban J connectivity index is 1.99. The number of aryl methyl sites for hydroxylation is 1. The number of urea groups is 1. The van der Waals surface area contributed by atoms with Crippen molar-refractivity contribution in [3.05, 3.63) is 23.8 Å². The van der Waals surface area contributed by atoms with Crippen molar-refractivity contribution in [3.63, 3.8) is 0 Å². The van der Waals surface area contributed by atoms with E-state index >= 15 is 0 Å². The molecule has 0 saturated carbocycles. The third kappa shape index (κ3) is 4.86. The molecule has 1 atom stereocenters. The number of piperidine rings is 1. The lowest BCUT2D eigenvalue weighted by atomic mass is 9.98. The molecular weight excluding hydrogens is 292 g/mol. The van der Waals surface area contributed by atoms with Gasteiger partial charge in [-0.05, 0) is 62.8 Å². The first-order valence-electron chi connectivity index (χ1n) is 8.37. The van der Waals surface area contributed by atoms with Gasteiger partial charge >= 0.3 is 6.03 Å². The molecule has 1 fully saturated rings. The van der Waals surface area contributed by atoms with Gasteiger partial charge in [-0.25, -0.2) is 4.79 Å². The molecule has 2 amide bonds. The van der Waals surface area contributed by atoms with Crippen molar-refractivity contribution < 1.29 is 14.3 Å². The number of methoxy groups -OCH3 is 2. The quantitative estimate of drug-likeness (QED) is 0.811. The van der Waals surface area contributed by atoms with Gasteiger partial charge < -0.3 is 19.7 Å². The van der Waals surface area contributed by atoms with Crippen LogP contribution in [0, 0.1) is 6.92 Å². The van der Waals surface area contributed by atoms with Crippen LogP contribution in [0.15, 0.2) is 18.2 Å². The third-order valence-corrected chi connectivity index (χ3v) is 4.45. The molecule has 1 aromatic carbocycles. The van der Waals surface area contributed by atoms with Crippen LogP contribution in [0.25, 0.3) is 0 Å². The van der Waals surface area contributed by atoms with Crippen molar-refractivity contribution in [1.82, 2.24) is 4.90 Å². The predicted molar refractivity (Wildman–Crippen MR) is 92.2 cm³/mol. The molecule has 1 aliphatic heterocycles. The molecule has 1 N–H and O–H groups in total. The summed E-state index contributed by atoms with van der Waals surface area (Å²) in [6, 6.07) is 6.02. The number of hydrogen-bond acceptors (Lipinski definition) is 3. The average molecular weight is 320 g/mol. The van der Waals surface area contributed by atoms with Gasteiger partial charge in [-0.1, -0.05) is 0 Å². The summed E-state index contributed by atoms with van der Waals surface area (Å²) >= 11 is 0. The monoisotopic (exact) mass is 320 g/mol. The number of hydrogen-bond donors (Lipinski definition) is 1. The molecule has 1 aromatic rings. The predicted octanol–water partition coefficient (Wildman–Crippen LogP) is 3.82. The lowest BCUT2D eigenvalue weighted by molar-refractivity contribution is 0.141. The summed E-state index contributed by atoms with van der Waals surface area (Å²) < 4.78 is 10.3. The summed E-state index contributed by atoms with van der Waals surface area (Å²) in [4.78, 5) is 14.7. The number of amides is 2. The topological polar surface area (TPSA) is 50.8 Å². The Kier molecular flexibility index (Phi) is 6.71. The number of anilines is 1. The number of carbonyl (C=O) groups is 1. The molecule has 1 heterocycles. The Hall–Kier alpha value is -1.75. The Morgan fingerprint density at radius 2 is 2.17 bits per heavy atom. The van der Waals surface area contributed by atoms with Crippen LogP contribution in [0.1, 0.15) is 37.7 Å². The van der Waals surface area contributed by atoms with E-state index in [-0.39, 0.29) is 6.03 Å². The summed E-state index contributed by atoms with van der Waals surface area (Å²) in [6.45, 7) is 3.56. The van der Waals surface area contributed by atoms with Crippen LogP contribution in [-0.4, -0.2) is 44.3 Å². The molecular formula is C18H28N2O3. The van der Waals surface area contributed by atoms with Gasteiger partial charge in [-0.2, -0.15) is 0 Å². The molecule has 5 heteroatoms. The molecule has 5 nitrogen and oxygen atoms in total. The minimum atomic E-state index is 0.000355. The van der Waals surface area contributed by atoms with Crippen LogP contribution in [-0.2, 0) is 4.74 Å². The van der Waals surface area contributed by atoms with Crippen LogP contribution in [0.4, 0.5) is 10.5 Å². The zero-order valence-corrected chi connectivity index (χ0v) is 14.4. The Morgan fingerprint density at radius 3 is 2.87 bits per heavy atom. The SMILES string of the molecule is COCCC[C@H]1CCCCN1C(=O)Nc1ccc(OC)cc1C. The maximum atomic E-state index is 12.7. The van der Waals surface area contributed by atoms with Crippen molar-refractivity contribution in [1.29, 1.82) is 0 Å². The average Bonchev–Trinajstić information content (AvgIpc) is 2.57. The molecule has 0 aromatic heterocycles. The van der Waals surface area contributed by atoms with E-state index in [9.17, 15) is 4.79 Å². The van der Waals surface area contributed by atoms with Gasteiger partial charge in [0.15, 0.2) is 0 Å². The van der Waals surface area contributed by atoms with E-state index in [1.54, 1.807) is 14.2 Å². The number of rotatable bonds is 6. The van der Waals surface area contributed by atoms with E-state index in [4.69, 9.17) is 9.47 Å².